The molecule has 1 amide bonds. The van der Waals surface area contributed by atoms with Gasteiger partial charge in [0.25, 0.3) is 11.5 Å². The molecule has 0 aliphatic heterocycles. The Bertz CT molecular complexity index is 1180. The first-order valence-corrected chi connectivity index (χ1v) is 9.60. The first-order chi connectivity index (χ1) is 15.0. The molecule has 0 bridgehead atoms. The van der Waals surface area contributed by atoms with Gasteiger partial charge in [0.1, 0.15) is 5.75 Å². The van der Waals surface area contributed by atoms with Crippen molar-refractivity contribution in [1.82, 2.24) is 10.2 Å². The molecule has 9 heteroatoms. The second-order valence-corrected chi connectivity index (χ2v) is 6.40. The van der Waals surface area contributed by atoms with Gasteiger partial charge in [-0.25, -0.2) is 9.89 Å². The van der Waals surface area contributed by atoms with Crippen LogP contribution in [0, 0.1) is 11.3 Å². The number of hydrogen-bond donors (Lipinski definition) is 1. The van der Waals surface area contributed by atoms with E-state index in [0.717, 1.165) is 0 Å². The SMILES string of the molecule is CCOc1ccc(N(CCC#N)C(=O)COC(=O)c2n[nH]c(=O)c3ccccc23)cc1. The molecule has 0 aliphatic carbocycles. The van der Waals surface area contributed by atoms with E-state index in [-0.39, 0.29) is 18.7 Å². The van der Waals surface area contributed by atoms with Crippen LogP contribution in [-0.2, 0) is 9.53 Å². The largest absolute Gasteiger partial charge is 0.494 e. The Morgan fingerprint density at radius 1 is 1.13 bits per heavy atom. The van der Waals surface area contributed by atoms with Crippen LogP contribution in [-0.4, -0.2) is 41.8 Å². The number of nitrogens with zero attached hydrogens (tertiary/aromatic N) is 3. The number of carbonyl (C=O) groups excluding carboxylic acids is 2. The number of fused-ring (bicyclic) bond motifs is 1. The molecule has 3 aromatic rings. The number of anilines is 1. The summed E-state index contributed by atoms with van der Waals surface area (Å²) in [4.78, 5) is 38.5. The fourth-order valence-electron chi connectivity index (χ4n) is 2.99. The molecule has 0 saturated heterocycles. The molecular weight excluding hydrogens is 400 g/mol. The number of hydrogen-bond acceptors (Lipinski definition) is 7. The standard InChI is InChI=1S/C22H20N4O5/c1-2-30-16-10-8-15(9-11-16)26(13-5-12-23)19(27)14-31-22(29)20-17-6-3-4-7-18(17)21(28)25-24-20/h3-4,6-11H,2,5,13-14H2,1H3,(H,25,28). The highest BCUT2D eigenvalue weighted by molar-refractivity contribution is 6.03. The summed E-state index contributed by atoms with van der Waals surface area (Å²) in [6.07, 6.45) is 0.110. The van der Waals surface area contributed by atoms with E-state index >= 15 is 0 Å². The molecule has 0 fully saturated rings. The van der Waals surface area contributed by atoms with Crippen molar-refractivity contribution in [3.8, 4) is 11.8 Å². The number of esters is 1. The van der Waals surface area contributed by atoms with Crippen molar-refractivity contribution >= 4 is 28.3 Å². The summed E-state index contributed by atoms with van der Waals surface area (Å²) >= 11 is 0. The lowest BCUT2D eigenvalue weighted by Crippen LogP contribution is -2.35. The molecule has 0 aliphatic rings. The minimum absolute atomic E-state index is 0.0901. The first kappa shape index (κ1) is 21.5. The average molecular weight is 420 g/mol. The van der Waals surface area contributed by atoms with Gasteiger partial charge in [-0.3, -0.25) is 9.59 Å². The lowest BCUT2D eigenvalue weighted by Gasteiger charge is -2.22. The Balaban J connectivity index is 1.75. The summed E-state index contributed by atoms with van der Waals surface area (Å²) in [5.74, 6) is -0.685. The molecule has 1 aromatic heterocycles. The summed E-state index contributed by atoms with van der Waals surface area (Å²) < 4.78 is 10.6. The van der Waals surface area contributed by atoms with Gasteiger partial charge in [-0.05, 0) is 37.3 Å². The van der Waals surface area contributed by atoms with E-state index in [4.69, 9.17) is 14.7 Å². The van der Waals surface area contributed by atoms with Crippen molar-refractivity contribution in [2.24, 2.45) is 0 Å². The number of nitriles is 1. The Morgan fingerprint density at radius 2 is 1.84 bits per heavy atom. The van der Waals surface area contributed by atoms with E-state index in [0.29, 0.717) is 28.8 Å². The number of amides is 1. The third-order valence-corrected chi connectivity index (χ3v) is 4.42. The molecular formula is C22H20N4O5. The molecule has 0 radical (unpaired) electrons. The predicted molar refractivity (Wildman–Crippen MR) is 113 cm³/mol. The van der Waals surface area contributed by atoms with E-state index in [1.165, 1.54) is 4.90 Å². The third kappa shape index (κ3) is 5.05. The second kappa shape index (κ2) is 10.0. The van der Waals surface area contributed by atoms with Crippen LogP contribution in [0.4, 0.5) is 5.69 Å². The van der Waals surface area contributed by atoms with Crippen molar-refractivity contribution in [1.29, 1.82) is 5.26 Å². The van der Waals surface area contributed by atoms with Crippen molar-refractivity contribution in [3.05, 3.63) is 64.6 Å². The maximum absolute atomic E-state index is 12.7. The minimum atomic E-state index is -0.840. The normalized spacial score (nSPS) is 10.3. The monoisotopic (exact) mass is 420 g/mol. The lowest BCUT2D eigenvalue weighted by molar-refractivity contribution is -0.121. The zero-order chi connectivity index (χ0) is 22.2. The fraction of sp³-hybridized carbons (Fsp3) is 0.227. The zero-order valence-electron chi connectivity index (χ0n) is 16.8. The predicted octanol–water partition coefficient (Wildman–Crippen LogP) is 2.43. The van der Waals surface area contributed by atoms with Gasteiger partial charge in [-0.2, -0.15) is 10.4 Å². The van der Waals surface area contributed by atoms with Gasteiger partial charge in [0.15, 0.2) is 12.3 Å². The van der Waals surface area contributed by atoms with Crippen LogP contribution in [0.2, 0.25) is 0 Å². The van der Waals surface area contributed by atoms with E-state index in [9.17, 15) is 14.4 Å². The number of aromatic amines is 1. The molecule has 0 saturated carbocycles. The van der Waals surface area contributed by atoms with E-state index in [1.807, 2.05) is 13.0 Å². The van der Waals surface area contributed by atoms with E-state index in [2.05, 4.69) is 10.2 Å². The molecule has 0 spiro atoms. The molecule has 1 N–H and O–H groups in total. The van der Waals surface area contributed by atoms with Crippen LogP contribution in [0.5, 0.6) is 5.75 Å². The molecule has 1 heterocycles. The van der Waals surface area contributed by atoms with Crippen LogP contribution in [0.25, 0.3) is 10.8 Å². The van der Waals surface area contributed by atoms with E-state index < -0.39 is 24.0 Å². The maximum Gasteiger partial charge on any atom is 0.359 e. The number of benzene rings is 2. The molecule has 0 unspecified atom stereocenters. The molecule has 3 rings (SSSR count). The second-order valence-electron chi connectivity index (χ2n) is 6.40. The van der Waals surface area contributed by atoms with Crippen molar-refractivity contribution in [2.75, 3.05) is 24.7 Å². The highest BCUT2D eigenvalue weighted by atomic mass is 16.5. The number of carbonyl (C=O) groups is 2. The van der Waals surface area contributed by atoms with Gasteiger partial charge in [0.2, 0.25) is 0 Å². The van der Waals surface area contributed by atoms with Crippen LogP contribution < -0.4 is 15.2 Å². The van der Waals surface area contributed by atoms with Gasteiger partial charge in [-0.15, -0.1) is 0 Å². The van der Waals surface area contributed by atoms with Gasteiger partial charge in [0, 0.05) is 17.6 Å². The number of aromatic nitrogens is 2. The average Bonchev–Trinajstić information content (AvgIpc) is 2.79. The Morgan fingerprint density at radius 3 is 2.52 bits per heavy atom. The van der Waals surface area contributed by atoms with Gasteiger partial charge in [-0.1, -0.05) is 18.2 Å². The lowest BCUT2D eigenvalue weighted by atomic mass is 10.1. The molecule has 158 valence electrons. The topological polar surface area (TPSA) is 125 Å². The highest BCUT2D eigenvalue weighted by Crippen LogP contribution is 2.20. The minimum Gasteiger partial charge on any atom is -0.494 e. The van der Waals surface area contributed by atoms with E-state index in [1.54, 1.807) is 48.5 Å². The Labute approximate surface area is 177 Å². The fourth-order valence-corrected chi connectivity index (χ4v) is 2.99. The quantitative estimate of drug-likeness (QED) is 0.555. The molecule has 2 aromatic carbocycles. The van der Waals surface area contributed by atoms with Crippen molar-refractivity contribution in [3.63, 3.8) is 0 Å². The summed E-state index contributed by atoms with van der Waals surface area (Å²) in [5.41, 5.74) is 0.0291. The molecule has 0 atom stereocenters. The van der Waals surface area contributed by atoms with Crippen LogP contribution in [0.3, 0.4) is 0 Å². The highest BCUT2D eigenvalue weighted by Gasteiger charge is 2.20. The zero-order valence-corrected chi connectivity index (χ0v) is 16.8. The van der Waals surface area contributed by atoms with Crippen LogP contribution >= 0.6 is 0 Å². The third-order valence-electron chi connectivity index (χ3n) is 4.42. The van der Waals surface area contributed by atoms with Gasteiger partial charge < -0.3 is 14.4 Å². The first-order valence-electron chi connectivity index (χ1n) is 9.60. The van der Waals surface area contributed by atoms with Gasteiger partial charge >= 0.3 is 5.97 Å². The maximum atomic E-state index is 12.7. The number of nitrogens with one attached hydrogen (secondary N) is 1. The number of rotatable bonds is 8. The summed E-state index contributed by atoms with van der Waals surface area (Å²) in [5, 5.41) is 15.6. The summed E-state index contributed by atoms with van der Waals surface area (Å²) in [6.45, 7) is 1.97. The molecule has 31 heavy (non-hydrogen) atoms. The van der Waals surface area contributed by atoms with Crippen LogP contribution in [0.15, 0.2) is 53.3 Å². The summed E-state index contributed by atoms with van der Waals surface area (Å²) in [7, 11) is 0. The van der Waals surface area contributed by atoms with Crippen molar-refractivity contribution < 1.29 is 19.1 Å². The van der Waals surface area contributed by atoms with Crippen molar-refractivity contribution in [2.45, 2.75) is 13.3 Å². The number of H-pyrrole nitrogens is 1. The Kier molecular flexibility index (Phi) is 6.96. The molecule has 9 nitrogen and oxygen atoms in total. The smallest absolute Gasteiger partial charge is 0.359 e. The van der Waals surface area contributed by atoms with Crippen LogP contribution in [0.1, 0.15) is 23.8 Å². The van der Waals surface area contributed by atoms with Gasteiger partial charge in [0.05, 0.1) is 24.5 Å². The summed E-state index contributed by atoms with van der Waals surface area (Å²) in [6, 6.07) is 15.3. The number of ether oxygens (including phenoxy) is 2. The Hall–Kier alpha value is -4.19.